The summed E-state index contributed by atoms with van der Waals surface area (Å²) in [5.74, 6) is 0.295. The van der Waals surface area contributed by atoms with E-state index in [-0.39, 0.29) is 23.0 Å². The first kappa shape index (κ1) is 18.8. The van der Waals surface area contributed by atoms with Crippen LogP contribution in [0.1, 0.15) is 37.3 Å². The average molecular weight is 424 g/mol. The number of fused-ring (bicyclic) bond motifs is 2. The van der Waals surface area contributed by atoms with Crippen LogP contribution in [-0.2, 0) is 4.74 Å². The van der Waals surface area contributed by atoms with E-state index in [1.165, 1.54) is 0 Å². The van der Waals surface area contributed by atoms with E-state index in [4.69, 9.17) is 16.3 Å². The van der Waals surface area contributed by atoms with E-state index in [1.807, 2.05) is 0 Å². The molecule has 1 fully saturated rings. The van der Waals surface area contributed by atoms with Crippen LogP contribution in [0, 0.1) is 11.3 Å². The van der Waals surface area contributed by atoms with Gasteiger partial charge in [-0.1, -0.05) is 11.6 Å². The zero-order valence-electron chi connectivity index (χ0n) is 16.2. The van der Waals surface area contributed by atoms with E-state index in [0.717, 1.165) is 25.7 Å². The first-order valence-corrected chi connectivity index (χ1v) is 10.0. The summed E-state index contributed by atoms with van der Waals surface area (Å²) < 4.78 is 8.80. The van der Waals surface area contributed by atoms with E-state index in [9.17, 15) is 10.1 Å². The summed E-state index contributed by atoms with van der Waals surface area (Å²) in [5, 5.41) is 9.38. The Morgan fingerprint density at radius 3 is 2.80 bits per heavy atom. The third kappa shape index (κ3) is 2.96. The van der Waals surface area contributed by atoms with Crippen molar-refractivity contribution < 1.29 is 4.74 Å². The SMILES string of the molecule is CO[C@H]1CC[C@H](n2c(=O)[nH]c3c(Cl)nc(-n4cnc5ccc(C#N)cc54)nc32)CC1. The molecule has 0 saturated heterocycles. The van der Waals surface area contributed by atoms with Gasteiger partial charge in [0, 0.05) is 13.2 Å². The van der Waals surface area contributed by atoms with Gasteiger partial charge >= 0.3 is 5.69 Å². The molecule has 9 nitrogen and oxygen atoms in total. The van der Waals surface area contributed by atoms with Gasteiger partial charge in [0.25, 0.3) is 0 Å². The topological polar surface area (TPSA) is 114 Å². The fourth-order valence-corrected chi connectivity index (χ4v) is 4.39. The Morgan fingerprint density at radius 2 is 2.07 bits per heavy atom. The lowest BCUT2D eigenvalue weighted by Gasteiger charge is -2.28. The van der Waals surface area contributed by atoms with Crippen molar-refractivity contribution >= 4 is 33.8 Å². The molecule has 1 N–H and O–H groups in total. The number of imidazole rings is 2. The van der Waals surface area contributed by atoms with Crippen molar-refractivity contribution in [3.63, 3.8) is 0 Å². The minimum absolute atomic E-state index is 0.0150. The molecule has 3 aromatic heterocycles. The van der Waals surface area contributed by atoms with Gasteiger partial charge in [-0.3, -0.25) is 9.13 Å². The molecule has 5 rings (SSSR count). The number of methoxy groups -OCH3 is 1. The first-order valence-electron chi connectivity index (χ1n) is 9.67. The van der Waals surface area contributed by atoms with E-state index in [0.29, 0.717) is 33.7 Å². The molecular formula is C20H18ClN7O2. The van der Waals surface area contributed by atoms with Gasteiger partial charge in [-0.05, 0) is 43.9 Å². The third-order valence-corrected chi connectivity index (χ3v) is 6.02. The number of benzene rings is 1. The Labute approximate surface area is 175 Å². The van der Waals surface area contributed by atoms with Crippen LogP contribution < -0.4 is 5.69 Å². The number of hydrogen-bond donors (Lipinski definition) is 1. The van der Waals surface area contributed by atoms with E-state index < -0.39 is 0 Å². The standard InChI is InChI=1S/C20H18ClN7O2/c1-30-13-5-3-12(4-6-13)28-18-16(24-20(28)29)17(21)25-19(26-18)27-10-23-14-7-2-11(9-22)8-15(14)27/h2,7-8,10,12-13H,3-6H2,1H3,(H,24,29)/t12-,13-. The van der Waals surface area contributed by atoms with Crippen LogP contribution in [0.5, 0.6) is 0 Å². The molecule has 10 heteroatoms. The molecule has 0 unspecified atom stereocenters. The molecular weight excluding hydrogens is 406 g/mol. The molecule has 1 aliphatic carbocycles. The van der Waals surface area contributed by atoms with Gasteiger partial charge in [0.15, 0.2) is 10.8 Å². The largest absolute Gasteiger partial charge is 0.381 e. The van der Waals surface area contributed by atoms with Crippen LogP contribution in [0.15, 0.2) is 29.3 Å². The van der Waals surface area contributed by atoms with E-state index in [1.54, 1.807) is 40.8 Å². The van der Waals surface area contributed by atoms with Crippen LogP contribution in [0.25, 0.3) is 28.1 Å². The second-order valence-electron chi connectivity index (χ2n) is 7.41. The summed E-state index contributed by atoms with van der Waals surface area (Å²) in [5.41, 5.74) is 2.54. The fourth-order valence-electron chi connectivity index (χ4n) is 4.18. The highest BCUT2D eigenvalue weighted by Crippen LogP contribution is 2.32. The highest BCUT2D eigenvalue weighted by Gasteiger charge is 2.26. The van der Waals surface area contributed by atoms with Gasteiger partial charge in [0.2, 0.25) is 5.95 Å². The molecule has 152 valence electrons. The van der Waals surface area contributed by atoms with Crippen molar-refractivity contribution in [1.82, 2.24) is 29.1 Å². The average Bonchev–Trinajstić information content (AvgIpc) is 3.34. The van der Waals surface area contributed by atoms with Crippen molar-refractivity contribution in [3.8, 4) is 12.0 Å². The molecule has 30 heavy (non-hydrogen) atoms. The maximum atomic E-state index is 12.7. The Bertz CT molecular complexity index is 1360. The number of nitrogens with zero attached hydrogens (tertiary/aromatic N) is 6. The monoisotopic (exact) mass is 423 g/mol. The number of aromatic amines is 1. The summed E-state index contributed by atoms with van der Waals surface area (Å²) >= 11 is 6.42. The molecule has 3 heterocycles. The van der Waals surface area contributed by atoms with Gasteiger partial charge in [-0.15, -0.1) is 0 Å². The second kappa shape index (κ2) is 7.23. The summed E-state index contributed by atoms with van der Waals surface area (Å²) in [6.45, 7) is 0. The number of H-pyrrole nitrogens is 1. The Morgan fingerprint density at radius 1 is 1.27 bits per heavy atom. The predicted molar refractivity (Wildman–Crippen MR) is 111 cm³/mol. The van der Waals surface area contributed by atoms with Crippen molar-refractivity contribution in [1.29, 1.82) is 5.26 Å². The number of nitriles is 1. The molecule has 0 radical (unpaired) electrons. The molecule has 0 atom stereocenters. The normalized spacial score (nSPS) is 19.4. The maximum Gasteiger partial charge on any atom is 0.328 e. The van der Waals surface area contributed by atoms with Crippen molar-refractivity contribution in [2.75, 3.05) is 7.11 Å². The van der Waals surface area contributed by atoms with Crippen molar-refractivity contribution in [3.05, 3.63) is 45.7 Å². The number of hydrogen-bond acceptors (Lipinski definition) is 6. The zero-order chi connectivity index (χ0) is 20.8. The van der Waals surface area contributed by atoms with Crippen LogP contribution in [0.3, 0.4) is 0 Å². The minimum Gasteiger partial charge on any atom is -0.381 e. The lowest BCUT2D eigenvalue weighted by atomic mass is 9.93. The Hall–Kier alpha value is -3.22. The van der Waals surface area contributed by atoms with E-state index >= 15 is 0 Å². The summed E-state index contributed by atoms with van der Waals surface area (Å²) in [7, 11) is 1.72. The van der Waals surface area contributed by atoms with Crippen molar-refractivity contribution in [2.45, 2.75) is 37.8 Å². The van der Waals surface area contributed by atoms with E-state index in [2.05, 4.69) is 26.0 Å². The number of ether oxygens (including phenoxy) is 1. The van der Waals surface area contributed by atoms with Gasteiger partial charge in [-0.2, -0.15) is 15.2 Å². The molecule has 0 amide bonds. The Balaban J connectivity index is 1.65. The van der Waals surface area contributed by atoms with Crippen LogP contribution in [-0.4, -0.2) is 42.3 Å². The molecule has 1 aromatic carbocycles. The third-order valence-electron chi connectivity index (χ3n) is 5.75. The van der Waals surface area contributed by atoms with Gasteiger partial charge in [-0.25, -0.2) is 9.78 Å². The molecule has 1 saturated carbocycles. The van der Waals surface area contributed by atoms with Gasteiger partial charge in [0.1, 0.15) is 11.8 Å². The number of rotatable bonds is 3. The second-order valence-corrected chi connectivity index (χ2v) is 7.77. The number of nitrogens with one attached hydrogen (secondary N) is 1. The van der Waals surface area contributed by atoms with Crippen LogP contribution in [0.4, 0.5) is 0 Å². The zero-order valence-corrected chi connectivity index (χ0v) is 16.9. The molecule has 0 aliphatic heterocycles. The lowest BCUT2D eigenvalue weighted by molar-refractivity contribution is 0.0585. The smallest absolute Gasteiger partial charge is 0.328 e. The first-order chi connectivity index (χ1) is 14.6. The molecule has 0 bridgehead atoms. The number of halogens is 1. The number of aromatic nitrogens is 6. The summed E-state index contributed by atoms with van der Waals surface area (Å²) in [4.78, 5) is 28.9. The van der Waals surface area contributed by atoms with Crippen LogP contribution in [0.2, 0.25) is 5.15 Å². The molecule has 0 spiro atoms. The lowest BCUT2D eigenvalue weighted by Crippen LogP contribution is -2.28. The Kier molecular flexibility index (Phi) is 4.53. The van der Waals surface area contributed by atoms with Crippen molar-refractivity contribution in [2.24, 2.45) is 0 Å². The van der Waals surface area contributed by atoms with Crippen LogP contribution >= 0.6 is 11.6 Å². The van der Waals surface area contributed by atoms with Gasteiger partial charge < -0.3 is 9.72 Å². The predicted octanol–water partition coefficient (Wildman–Crippen LogP) is 3.11. The highest BCUT2D eigenvalue weighted by atomic mass is 35.5. The minimum atomic E-state index is -0.249. The summed E-state index contributed by atoms with van der Waals surface area (Å²) in [6.07, 6.45) is 5.22. The quantitative estimate of drug-likeness (QED) is 0.506. The fraction of sp³-hybridized carbons (Fsp3) is 0.350. The van der Waals surface area contributed by atoms with Gasteiger partial charge in [0.05, 0.1) is 28.8 Å². The molecule has 4 aromatic rings. The highest BCUT2D eigenvalue weighted by molar-refractivity contribution is 6.33. The summed E-state index contributed by atoms with van der Waals surface area (Å²) in [6, 6.07) is 7.34. The maximum absolute atomic E-state index is 12.7. The molecule has 1 aliphatic rings.